The van der Waals surface area contributed by atoms with Crippen LogP contribution in [0.3, 0.4) is 0 Å². The van der Waals surface area contributed by atoms with Crippen molar-refractivity contribution in [2.75, 3.05) is 42.3 Å². The van der Waals surface area contributed by atoms with Crippen LogP contribution in [0.2, 0.25) is 0 Å². The number of nitrogens with one attached hydrogen (secondary N) is 2. The van der Waals surface area contributed by atoms with E-state index >= 15 is 0 Å². The molecule has 9 rings (SSSR count). The third-order valence-electron chi connectivity index (χ3n) is 11.2. The lowest BCUT2D eigenvalue weighted by Crippen LogP contribution is -2.08. The van der Waals surface area contributed by atoms with Crippen molar-refractivity contribution in [2.24, 2.45) is 14.1 Å². The van der Waals surface area contributed by atoms with Crippen molar-refractivity contribution in [1.82, 2.24) is 34.5 Å². The predicted molar refractivity (Wildman–Crippen MR) is 249 cm³/mol. The second-order valence-corrected chi connectivity index (χ2v) is 17.7. The molecule has 5 aromatic heterocycles. The van der Waals surface area contributed by atoms with Gasteiger partial charge in [0, 0.05) is 86.1 Å². The van der Waals surface area contributed by atoms with Crippen LogP contribution < -0.4 is 10.6 Å². The largest absolute Gasteiger partial charge is 0.465 e. The van der Waals surface area contributed by atoms with Crippen LogP contribution in [0.25, 0.3) is 22.8 Å². The summed E-state index contributed by atoms with van der Waals surface area (Å²) in [6, 6.07) is 27.5. The minimum absolute atomic E-state index is 0.0976. The lowest BCUT2D eigenvalue weighted by Gasteiger charge is -2.19. The first-order chi connectivity index (χ1) is 30.1. The molecule has 2 aliphatic rings. The SMILES string of the molecule is COC(=O)c1ccc(C2SCCNc3c2c(-c2ccccn2)nn3C)c(C)c1.Cc1cc(C(=O)Cc2cccnc2C)ccc1C1SCCNc2c1c(-c1ccccn1)nn2C. The van der Waals surface area contributed by atoms with E-state index in [2.05, 4.69) is 38.6 Å². The number of pyridine rings is 3. The van der Waals surface area contributed by atoms with Gasteiger partial charge in [0.05, 0.1) is 34.6 Å². The van der Waals surface area contributed by atoms with Gasteiger partial charge in [-0.1, -0.05) is 36.4 Å². The number of carbonyl (C=O) groups is 2. The zero-order valence-electron chi connectivity index (χ0n) is 35.7. The average Bonchev–Trinajstić information content (AvgIpc) is 3.56. The Balaban J connectivity index is 0.000000174. The van der Waals surface area contributed by atoms with E-state index < -0.39 is 0 Å². The Morgan fingerprint density at radius 2 is 1.19 bits per heavy atom. The molecule has 0 saturated carbocycles. The van der Waals surface area contributed by atoms with Crippen LogP contribution in [0.15, 0.2) is 104 Å². The van der Waals surface area contributed by atoms with Crippen molar-refractivity contribution in [3.63, 3.8) is 0 Å². The van der Waals surface area contributed by atoms with Gasteiger partial charge in [0.25, 0.3) is 0 Å². The van der Waals surface area contributed by atoms with Gasteiger partial charge in [-0.25, -0.2) is 4.79 Å². The minimum Gasteiger partial charge on any atom is -0.465 e. The fourth-order valence-electron chi connectivity index (χ4n) is 8.07. The molecule has 0 spiro atoms. The third kappa shape index (κ3) is 8.75. The summed E-state index contributed by atoms with van der Waals surface area (Å²) in [5.41, 5.74) is 13.5. The highest BCUT2D eigenvalue weighted by Crippen LogP contribution is 2.48. The number of esters is 1. The molecule has 62 heavy (non-hydrogen) atoms. The Hall–Kier alpha value is -6.25. The first-order valence-corrected chi connectivity index (χ1v) is 22.6. The summed E-state index contributed by atoms with van der Waals surface area (Å²) in [6.45, 7) is 7.82. The molecule has 0 amide bonds. The van der Waals surface area contributed by atoms with E-state index in [-0.39, 0.29) is 22.3 Å². The topological polar surface area (TPSA) is 142 Å². The number of thioether (sulfide) groups is 2. The molecule has 0 radical (unpaired) electrons. The van der Waals surface area contributed by atoms with Crippen molar-refractivity contribution >= 4 is 46.9 Å². The Labute approximate surface area is 370 Å². The van der Waals surface area contributed by atoms with E-state index in [1.165, 1.54) is 18.2 Å². The Bertz CT molecular complexity index is 2740. The fraction of sp³-hybridized carbons (Fsp3) is 0.271. The third-order valence-corrected chi connectivity index (χ3v) is 13.7. The fourth-order valence-corrected chi connectivity index (χ4v) is 10.6. The van der Waals surface area contributed by atoms with Crippen LogP contribution >= 0.6 is 23.5 Å². The summed E-state index contributed by atoms with van der Waals surface area (Å²) < 4.78 is 8.67. The van der Waals surface area contributed by atoms with Crippen LogP contribution in [0.1, 0.15) is 75.9 Å². The number of carbonyl (C=O) groups excluding carboxylic acids is 2. The standard InChI is InChI=1S/C27H27N5OS.C21H22N4O2S/c1-17-15-20(23(33)16-19-7-6-12-28-18(19)2)9-10-21(17)26-24-25(22-8-4-5-11-29-22)31-32(3)27(24)30-13-14-34-26;1-13-12-14(21(26)27-3)7-8-15(13)19-17-18(16-6-4-5-9-22-16)24-25(2)20(17)23-10-11-28-19/h4-12,15,26,30H,13-14,16H2,1-3H3;4-9,12,19,23H,10-11H2,1-3H3. The highest BCUT2D eigenvalue weighted by Gasteiger charge is 2.32. The first-order valence-electron chi connectivity index (χ1n) is 20.5. The highest BCUT2D eigenvalue weighted by atomic mass is 32.2. The maximum Gasteiger partial charge on any atom is 0.337 e. The van der Waals surface area contributed by atoms with E-state index in [0.29, 0.717) is 12.0 Å². The maximum atomic E-state index is 13.0. The number of nitrogens with zero attached hydrogens (tertiary/aromatic N) is 7. The monoisotopic (exact) mass is 863 g/mol. The maximum absolute atomic E-state index is 13.0. The number of Topliss-reactive ketones (excluding diaryl/α,β-unsaturated/α-hetero) is 1. The molecule has 316 valence electrons. The molecule has 14 heteroatoms. The van der Waals surface area contributed by atoms with Crippen molar-refractivity contribution in [3.05, 3.63) is 159 Å². The summed E-state index contributed by atoms with van der Waals surface area (Å²) >= 11 is 3.77. The second kappa shape index (κ2) is 18.8. The molecular formula is C48H49N9O3S2. The molecule has 0 fully saturated rings. The Morgan fingerprint density at radius 1 is 0.677 bits per heavy atom. The number of hydrogen-bond donors (Lipinski definition) is 2. The Morgan fingerprint density at radius 3 is 1.68 bits per heavy atom. The van der Waals surface area contributed by atoms with Gasteiger partial charge in [-0.3, -0.25) is 29.1 Å². The summed E-state index contributed by atoms with van der Waals surface area (Å²) in [6.07, 6.45) is 5.71. The van der Waals surface area contributed by atoms with Crippen LogP contribution in [0, 0.1) is 20.8 Å². The summed E-state index contributed by atoms with van der Waals surface area (Å²) in [4.78, 5) is 38.3. The normalized spacial score (nSPS) is 15.6. The smallest absolute Gasteiger partial charge is 0.337 e. The van der Waals surface area contributed by atoms with E-state index in [1.54, 1.807) is 18.6 Å². The van der Waals surface area contributed by atoms with Crippen molar-refractivity contribution in [1.29, 1.82) is 0 Å². The molecule has 0 bridgehead atoms. The number of benzene rings is 2. The average molecular weight is 864 g/mol. The van der Waals surface area contributed by atoms with Crippen molar-refractivity contribution in [2.45, 2.75) is 37.7 Å². The van der Waals surface area contributed by atoms with Gasteiger partial charge in [0.1, 0.15) is 23.0 Å². The molecular weight excluding hydrogens is 815 g/mol. The van der Waals surface area contributed by atoms with Crippen LogP contribution in [0.4, 0.5) is 11.6 Å². The Kier molecular flexibility index (Phi) is 12.9. The van der Waals surface area contributed by atoms with Gasteiger partial charge in [-0.05, 0) is 97.1 Å². The molecule has 2 aromatic carbocycles. The van der Waals surface area contributed by atoms with Crippen molar-refractivity contribution < 1.29 is 14.3 Å². The molecule has 2 unspecified atom stereocenters. The number of hydrogen-bond acceptors (Lipinski definition) is 12. The molecule has 7 aromatic rings. The molecule has 7 heterocycles. The van der Waals surface area contributed by atoms with E-state index in [0.717, 1.165) is 98.1 Å². The number of ketones is 1. The van der Waals surface area contributed by atoms with E-state index in [9.17, 15) is 9.59 Å². The number of ether oxygens (including phenoxy) is 1. The molecule has 2 aliphatic heterocycles. The zero-order chi connectivity index (χ0) is 43.3. The molecule has 2 N–H and O–H groups in total. The van der Waals surface area contributed by atoms with E-state index in [1.807, 2.05) is 140 Å². The molecule has 0 aliphatic carbocycles. The number of methoxy groups -OCH3 is 1. The summed E-state index contributed by atoms with van der Waals surface area (Å²) in [5.74, 6) is 3.79. The molecule has 0 saturated heterocycles. The van der Waals surface area contributed by atoms with Gasteiger partial charge in [-0.2, -0.15) is 10.2 Å². The lowest BCUT2D eigenvalue weighted by molar-refractivity contribution is 0.0600. The quantitative estimate of drug-likeness (QED) is 0.111. The van der Waals surface area contributed by atoms with Gasteiger partial charge in [-0.15, -0.1) is 23.5 Å². The van der Waals surface area contributed by atoms with Crippen LogP contribution in [-0.2, 0) is 25.3 Å². The number of fused-ring (bicyclic) bond motifs is 2. The second-order valence-electron chi connectivity index (χ2n) is 15.2. The van der Waals surface area contributed by atoms with E-state index in [4.69, 9.17) is 14.9 Å². The summed E-state index contributed by atoms with van der Waals surface area (Å²) in [7, 11) is 5.33. The van der Waals surface area contributed by atoms with Crippen LogP contribution in [0.5, 0.6) is 0 Å². The number of rotatable bonds is 8. The lowest BCUT2D eigenvalue weighted by atomic mass is 9.94. The van der Waals surface area contributed by atoms with Gasteiger partial charge in [0.2, 0.25) is 0 Å². The van der Waals surface area contributed by atoms with Crippen molar-refractivity contribution in [3.8, 4) is 22.8 Å². The first kappa shape index (κ1) is 42.4. The summed E-state index contributed by atoms with van der Waals surface area (Å²) in [5, 5.41) is 16.9. The number of aryl methyl sites for hydroxylation is 5. The van der Waals surface area contributed by atoms with Gasteiger partial charge >= 0.3 is 5.97 Å². The van der Waals surface area contributed by atoms with Gasteiger partial charge in [0.15, 0.2) is 5.78 Å². The predicted octanol–water partition coefficient (Wildman–Crippen LogP) is 8.99. The minimum atomic E-state index is -0.318. The van der Waals surface area contributed by atoms with Gasteiger partial charge < -0.3 is 15.4 Å². The molecule has 2 atom stereocenters. The number of aromatic nitrogens is 7. The molecule has 12 nitrogen and oxygen atoms in total. The van der Waals surface area contributed by atoms with Crippen LogP contribution in [-0.4, -0.2) is 78.0 Å². The highest BCUT2D eigenvalue weighted by molar-refractivity contribution is 8.00. The number of anilines is 2. The zero-order valence-corrected chi connectivity index (χ0v) is 37.3.